The number of benzene rings is 1. The maximum Gasteiger partial charge on any atom is 0.241 e. The second kappa shape index (κ2) is 5.87. The first kappa shape index (κ1) is 15.5. The normalized spacial score (nSPS) is 11.6. The van der Waals surface area contributed by atoms with Crippen molar-refractivity contribution < 1.29 is 8.42 Å². The van der Waals surface area contributed by atoms with Gasteiger partial charge >= 0.3 is 0 Å². The number of aryl methyl sites for hydroxylation is 3. The number of nitrogens with zero attached hydrogens (tertiary/aromatic N) is 1. The van der Waals surface area contributed by atoms with E-state index in [0.717, 1.165) is 28.1 Å². The van der Waals surface area contributed by atoms with E-state index in [1.54, 1.807) is 20.0 Å². The van der Waals surface area contributed by atoms with E-state index in [9.17, 15) is 8.42 Å². The SMILES string of the molecule is CNc1cc(C)c(S(=O)(=O)NCc2cn[nH]c2C)c(C)c1. The highest BCUT2D eigenvalue weighted by Gasteiger charge is 2.20. The highest BCUT2D eigenvalue weighted by atomic mass is 32.2. The van der Waals surface area contributed by atoms with E-state index in [-0.39, 0.29) is 6.54 Å². The first-order chi connectivity index (χ1) is 9.85. The average Bonchev–Trinajstić information content (AvgIpc) is 2.80. The molecule has 0 bridgehead atoms. The topological polar surface area (TPSA) is 86.9 Å². The van der Waals surface area contributed by atoms with Crippen LogP contribution >= 0.6 is 0 Å². The molecule has 0 radical (unpaired) electrons. The van der Waals surface area contributed by atoms with E-state index in [0.29, 0.717) is 4.90 Å². The Bertz CT molecular complexity index is 727. The van der Waals surface area contributed by atoms with Gasteiger partial charge in [0.1, 0.15) is 0 Å². The smallest absolute Gasteiger partial charge is 0.241 e. The molecule has 7 heteroatoms. The molecule has 21 heavy (non-hydrogen) atoms. The number of sulfonamides is 1. The third-order valence-corrected chi connectivity index (χ3v) is 5.11. The van der Waals surface area contributed by atoms with E-state index in [1.807, 2.05) is 26.1 Å². The third-order valence-electron chi connectivity index (χ3n) is 3.40. The van der Waals surface area contributed by atoms with Crippen molar-refractivity contribution in [3.05, 3.63) is 40.7 Å². The molecule has 0 atom stereocenters. The van der Waals surface area contributed by atoms with Crippen molar-refractivity contribution >= 4 is 15.7 Å². The minimum atomic E-state index is -3.56. The van der Waals surface area contributed by atoms with E-state index < -0.39 is 10.0 Å². The van der Waals surface area contributed by atoms with Crippen LogP contribution in [0.15, 0.2) is 23.2 Å². The van der Waals surface area contributed by atoms with Crippen LogP contribution in [-0.4, -0.2) is 25.7 Å². The predicted octanol–water partition coefficient (Wildman–Crippen LogP) is 1.86. The molecule has 0 spiro atoms. The van der Waals surface area contributed by atoms with Crippen LogP contribution < -0.4 is 10.0 Å². The van der Waals surface area contributed by atoms with Gasteiger partial charge in [0.15, 0.2) is 0 Å². The zero-order valence-corrected chi connectivity index (χ0v) is 13.4. The molecule has 114 valence electrons. The summed E-state index contributed by atoms with van der Waals surface area (Å²) in [7, 11) is -1.75. The molecule has 0 aliphatic rings. The van der Waals surface area contributed by atoms with E-state index in [2.05, 4.69) is 20.2 Å². The fraction of sp³-hybridized carbons (Fsp3) is 0.357. The summed E-state index contributed by atoms with van der Waals surface area (Å²) < 4.78 is 27.7. The first-order valence-corrected chi connectivity index (χ1v) is 8.11. The van der Waals surface area contributed by atoms with Gasteiger partial charge in [-0.05, 0) is 44.0 Å². The Labute approximate surface area is 125 Å². The molecule has 1 aromatic heterocycles. The standard InChI is InChI=1S/C14H20N4O2S/c1-9-5-13(15-4)6-10(2)14(9)21(19,20)17-8-12-7-16-18-11(12)3/h5-7,15,17H,8H2,1-4H3,(H,16,18). The van der Waals surface area contributed by atoms with Gasteiger partial charge in [-0.1, -0.05) is 0 Å². The molecule has 2 rings (SSSR count). The van der Waals surface area contributed by atoms with E-state index >= 15 is 0 Å². The summed E-state index contributed by atoms with van der Waals surface area (Å²) in [5.74, 6) is 0. The maximum atomic E-state index is 12.5. The molecule has 1 heterocycles. The molecule has 0 saturated heterocycles. The number of hydrogen-bond acceptors (Lipinski definition) is 4. The minimum Gasteiger partial charge on any atom is -0.388 e. The van der Waals surface area contributed by atoms with Gasteiger partial charge in [0.05, 0.1) is 11.1 Å². The van der Waals surface area contributed by atoms with Gasteiger partial charge in [-0.15, -0.1) is 0 Å². The van der Waals surface area contributed by atoms with Crippen LogP contribution in [0, 0.1) is 20.8 Å². The number of hydrogen-bond donors (Lipinski definition) is 3. The predicted molar refractivity (Wildman–Crippen MR) is 82.8 cm³/mol. The second-order valence-electron chi connectivity index (χ2n) is 5.03. The van der Waals surface area contributed by atoms with Gasteiger partial charge in [0.25, 0.3) is 0 Å². The third kappa shape index (κ3) is 3.25. The number of nitrogens with one attached hydrogen (secondary N) is 3. The summed E-state index contributed by atoms with van der Waals surface area (Å²) in [5, 5.41) is 9.70. The maximum absolute atomic E-state index is 12.5. The van der Waals surface area contributed by atoms with Gasteiger partial charge in [-0.25, -0.2) is 13.1 Å². The highest BCUT2D eigenvalue weighted by molar-refractivity contribution is 7.89. The Morgan fingerprint density at radius 2 is 1.81 bits per heavy atom. The summed E-state index contributed by atoms with van der Waals surface area (Å²) in [6.07, 6.45) is 1.63. The van der Waals surface area contributed by atoms with Crippen LogP contribution in [-0.2, 0) is 16.6 Å². The minimum absolute atomic E-state index is 0.220. The van der Waals surface area contributed by atoms with Crippen LogP contribution in [0.25, 0.3) is 0 Å². The number of aromatic nitrogens is 2. The van der Waals surface area contributed by atoms with Crippen molar-refractivity contribution in [1.29, 1.82) is 0 Å². The van der Waals surface area contributed by atoms with Crippen molar-refractivity contribution in [3.8, 4) is 0 Å². The number of aromatic amines is 1. The number of H-pyrrole nitrogens is 1. The first-order valence-electron chi connectivity index (χ1n) is 6.62. The molecule has 3 N–H and O–H groups in total. The van der Waals surface area contributed by atoms with Crippen molar-refractivity contribution in [2.24, 2.45) is 0 Å². The quantitative estimate of drug-likeness (QED) is 0.787. The Hall–Kier alpha value is -1.86. The lowest BCUT2D eigenvalue weighted by atomic mass is 10.1. The molecule has 0 unspecified atom stereocenters. The largest absolute Gasteiger partial charge is 0.388 e. The molecule has 1 aromatic carbocycles. The van der Waals surface area contributed by atoms with Crippen molar-refractivity contribution in [2.75, 3.05) is 12.4 Å². The Balaban J connectivity index is 2.30. The molecule has 0 amide bonds. The van der Waals surface area contributed by atoms with Crippen molar-refractivity contribution in [1.82, 2.24) is 14.9 Å². The molecule has 2 aromatic rings. The van der Waals surface area contributed by atoms with E-state index in [4.69, 9.17) is 0 Å². The van der Waals surface area contributed by atoms with Crippen molar-refractivity contribution in [3.63, 3.8) is 0 Å². The highest BCUT2D eigenvalue weighted by Crippen LogP contribution is 2.24. The van der Waals surface area contributed by atoms with Gasteiger partial charge in [0, 0.05) is 30.5 Å². The molecule has 0 saturated carbocycles. The molecule has 0 aliphatic carbocycles. The fourth-order valence-electron chi connectivity index (χ4n) is 2.32. The molecule has 6 nitrogen and oxygen atoms in total. The Morgan fingerprint density at radius 1 is 1.19 bits per heavy atom. The molecule has 0 fully saturated rings. The van der Waals surface area contributed by atoms with Gasteiger partial charge in [-0.2, -0.15) is 5.10 Å². The summed E-state index contributed by atoms with van der Waals surface area (Å²) in [6, 6.07) is 3.65. The fourth-order valence-corrected chi connectivity index (χ4v) is 3.77. The lowest BCUT2D eigenvalue weighted by molar-refractivity contribution is 0.580. The van der Waals surface area contributed by atoms with Crippen LogP contribution in [0.2, 0.25) is 0 Å². The summed E-state index contributed by atoms with van der Waals surface area (Å²) in [4.78, 5) is 0.336. The summed E-state index contributed by atoms with van der Waals surface area (Å²) in [5.41, 5.74) is 4.03. The number of anilines is 1. The molecule has 0 aliphatic heterocycles. The van der Waals surface area contributed by atoms with Crippen LogP contribution in [0.3, 0.4) is 0 Å². The van der Waals surface area contributed by atoms with Crippen LogP contribution in [0.4, 0.5) is 5.69 Å². The van der Waals surface area contributed by atoms with Crippen LogP contribution in [0.1, 0.15) is 22.4 Å². The molecular formula is C14H20N4O2S. The van der Waals surface area contributed by atoms with Gasteiger partial charge in [0.2, 0.25) is 10.0 Å². The lowest BCUT2D eigenvalue weighted by Gasteiger charge is -2.14. The zero-order valence-electron chi connectivity index (χ0n) is 12.6. The monoisotopic (exact) mass is 308 g/mol. The second-order valence-corrected chi connectivity index (χ2v) is 6.74. The Kier molecular flexibility index (Phi) is 4.34. The van der Waals surface area contributed by atoms with Crippen LogP contribution in [0.5, 0.6) is 0 Å². The lowest BCUT2D eigenvalue weighted by Crippen LogP contribution is -2.25. The Morgan fingerprint density at radius 3 is 2.29 bits per heavy atom. The summed E-state index contributed by atoms with van der Waals surface area (Å²) in [6.45, 7) is 5.67. The van der Waals surface area contributed by atoms with E-state index in [1.165, 1.54) is 0 Å². The zero-order chi connectivity index (χ0) is 15.6. The average molecular weight is 308 g/mol. The molecular weight excluding hydrogens is 288 g/mol. The summed E-state index contributed by atoms with van der Waals surface area (Å²) >= 11 is 0. The van der Waals surface area contributed by atoms with Gasteiger partial charge < -0.3 is 5.32 Å². The van der Waals surface area contributed by atoms with Gasteiger partial charge in [-0.3, -0.25) is 5.10 Å². The van der Waals surface area contributed by atoms with Crippen molar-refractivity contribution in [2.45, 2.75) is 32.2 Å². The number of rotatable bonds is 5.